The molecule has 0 aromatic heterocycles. The van der Waals surface area contributed by atoms with Crippen molar-refractivity contribution >= 4 is 21.6 Å². The fourth-order valence-electron chi connectivity index (χ4n) is 4.78. The van der Waals surface area contributed by atoms with Crippen LogP contribution in [0.2, 0.25) is 0 Å². The molecule has 0 unspecified atom stereocenters. The van der Waals surface area contributed by atoms with E-state index in [0.29, 0.717) is 17.9 Å². The highest BCUT2D eigenvalue weighted by Crippen LogP contribution is 2.29. The molecular formula is C30H45N3O6S. The highest BCUT2D eigenvalue weighted by Gasteiger charge is 2.32. The smallest absolute Gasteiger partial charge is 0.258 e. The number of hydrogen-bond acceptors (Lipinski definition) is 7. The third-order valence-electron chi connectivity index (χ3n) is 7.44. The Kier molecular flexibility index (Phi) is 11.4. The molecule has 2 aromatic rings. The summed E-state index contributed by atoms with van der Waals surface area (Å²) in [7, 11) is 1.67. The van der Waals surface area contributed by atoms with Crippen LogP contribution >= 0.6 is 0 Å². The summed E-state index contributed by atoms with van der Waals surface area (Å²) in [6, 6.07) is 13.5. The number of aliphatic hydroxyl groups is 1. The highest BCUT2D eigenvalue weighted by atomic mass is 32.2. The van der Waals surface area contributed by atoms with Gasteiger partial charge < -0.3 is 24.4 Å². The van der Waals surface area contributed by atoms with E-state index in [-0.39, 0.29) is 42.5 Å². The average molecular weight is 576 g/mol. The van der Waals surface area contributed by atoms with Gasteiger partial charge in [-0.2, -0.15) is 4.31 Å². The summed E-state index contributed by atoms with van der Waals surface area (Å²) < 4.78 is 40.4. The lowest BCUT2D eigenvalue weighted by Gasteiger charge is -2.35. The largest absolute Gasteiger partial charge is 0.490 e. The number of ether oxygens (including phenoxy) is 2. The van der Waals surface area contributed by atoms with Crippen LogP contribution in [0.4, 0.5) is 5.69 Å². The lowest BCUT2D eigenvalue weighted by molar-refractivity contribution is -0.00833. The van der Waals surface area contributed by atoms with Crippen molar-refractivity contribution in [3.63, 3.8) is 0 Å². The summed E-state index contributed by atoms with van der Waals surface area (Å²) in [6.07, 6.45) is 1.88. The van der Waals surface area contributed by atoms with Crippen LogP contribution in [0.15, 0.2) is 53.4 Å². The molecule has 3 rings (SSSR count). The van der Waals surface area contributed by atoms with Crippen LogP contribution in [0.25, 0.3) is 0 Å². The van der Waals surface area contributed by atoms with E-state index < -0.39 is 22.2 Å². The van der Waals surface area contributed by atoms with Gasteiger partial charge in [0.25, 0.3) is 5.91 Å². The molecule has 1 amide bonds. The predicted octanol–water partition coefficient (Wildman–Crippen LogP) is 3.87. The number of aliphatic hydroxyl groups excluding tert-OH is 1. The number of anilines is 1. The minimum absolute atomic E-state index is 0.111. The summed E-state index contributed by atoms with van der Waals surface area (Å²) >= 11 is 0. The maximum atomic E-state index is 14.1. The van der Waals surface area contributed by atoms with E-state index in [1.807, 2.05) is 51.0 Å². The molecular weight excluding hydrogens is 530 g/mol. The fourth-order valence-corrected chi connectivity index (χ4v) is 5.98. The van der Waals surface area contributed by atoms with Crippen molar-refractivity contribution in [2.75, 3.05) is 52.3 Å². The zero-order chi connectivity index (χ0) is 29.4. The Morgan fingerprint density at radius 3 is 2.42 bits per heavy atom. The third-order valence-corrected chi connectivity index (χ3v) is 9.28. The molecule has 0 spiro atoms. The molecule has 1 aliphatic heterocycles. The number of rotatable bonds is 7. The molecule has 9 nitrogen and oxygen atoms in total. The Bertz CT molecular complexity index is 1210. The highest BCUT2D eigenvalue weighted by molar-refractivity contribution is 7.89. The Hall–Kier alpha value is -2.66. The van der Waals surface area contributed by atoms with E-state index in [0.717, 1.165) is 24.9 Å². The second kappa shape index (κ2) is 14.3. The lowest BCUT2D eigenvalue weighted by Crippen LogP contribution is -2.48. The number of amides is 1. The standard InChI is InChI=1S/C30H45N3O6S/c1-22-19-33(23(2)21-34)30(35)27-18-25(31(4)5)15-16-28(27)39-24(3)12-10-11-17-38-29(22)20-32(6)40(36,37)26-13-8-7-9-14-26/h7-9,13-16,18,22-24,29,34H,10-12,17,19-21H2,1-6H3/t22-,23+,24+,29-/m0/s1. The first-order chi connectivity index (χ1) is 18.9. The van der Waals surface area contributed by atoms with Crippen molar-refractivity contribution in [2.24, 2.45) is 5.92 Å². The number of nitrogens with zero attached hydrogens (tertiary/aromatic N) is 3. The van der Waals surface area contributed by atoms with E-state index >= 15 is 0 Å². The summed E-state index contributed by atoms with van der Waals surface area (Å²) in [5.74, 6) is 0.0412. The van der Waals surface area contributed by atoms with Gasteiger partial charge >= 0.3 is 0 Å². The van der Waals surface area contributed by atoms with Gasteiger partial charge in [-0.25, -0.2) is 8.42 Å². The number of sulfonamides is 1. The van der Waals surface area contributed by atoms with Crippen molar-refractivity contribution in [3.05, 3.63) is 54.1 Å². The first kappa shape index (κ1) is 31.9. The lowest BCUT2D eigenvalue weighted by atomic mass is 10.0. The van der Waals surface area contributed by atoms with Crippen LogP contribution in [0.1, 0.15) is 50.4 Å². The maximum absolute atomic E-state index is 14.1. The minimum atomic E-state index is -3.72. The van der Waals surface area contributed by atoms with Crippen LogP contribution < -0.4 is 9.64 Å². The van der Waals surface area contributed by atoms with Crippen LogP contribution in [-0.4, -0.2) is 94.3 Å². The molecule has 10 heteroatoms. The molecule has 0 saturated carbocycles. The maximum Gasteiger partial charge on any atom is 0.258 e. The third kappa shape index (κ3) is 7.96. The Labute approximate surface area is 239 Å². The van der Waals surface area contributed by atoms with Gasteiger partial charge in [0.05, 0.1) is 35.3 Å². The van der Waals surface area contributed by atoms with Crippen molar-refractivity contribution in [2.45, 2.75) is 63.2 Å². The molecule has 40 heavy (non-hydrogen) atoms. The van der Waals surface area contributed by atoms with Gasteiger partial charge in [0.1, 0.15) is 5.75 Å². The topological polar surface area (TPSA) is 99.6 Å². The van der Waals surface area contributed by atoms with Gasteiger partial charge in [0.2, 0.25) is 10.0 Å². The fraction of sp³-hybridized carbons (Fsp3) is 0.567. The monoisotopic (exact) mass is 575 g/mol. The van der Waals surface area contributed by atoms with Crippen LogP contribution in [0.5, 0.6) is 5.75 Å². The molecule has 0 fully saturated rings. The number of likely N-dealkylation sites (N-methyl/N-ethyl adjacent to an activating group) is 1. The van der Waals surface area contributed by atoms with Crippen molar-refractivity contribution < 1.29 is 27.8 Å². The minimum Gasteiger partial charge on any atom is -0.490 e. The summed E-state index contributed by atoms with van der Waals surface area (Å²) in [5, 5.41) is 10.1. The number of benzene rings is 2. The van der Waals surface area contributed by atoms with Gasteiger partial charge in [-0.1, -0.05) is 25.1 Å². The Morgan fingerprint density at radius 2 is 1.77 bits per heavy atom. The normalized spacial score (nSPS) is 22.2. The van der Waals surface area contributed by atoms with Gasteiger partial charge in [-0.05, 0) is 63.4 Å². The quantitative estimate of drug-likeness (QED) is 0.535. The Balaban J connectivity index is 1.96. The SMILES string of the molecule is C[C@@H]1CCCCO[C@@H](CN(C)S(=O)(=O)c2ccccc2)[C@@H](C)CN([C@H](C)CO)C(=O)c2cc(N(C)C)ccc2O1. The molecule has 222 valence electrons. The number of carbonyl (C=O) groups excluding carboxylic acids is 1. The molecule has 0 saturated heterocycles. The first-order valence-electron chi connectivity index (χ1n) is 14.0. The first-order valence-corrected chi connectivity index (χ1v) is 15.4. The second-order valence-corrected chi connectivity index (χ2v) is 13.0. The number of fused-ring (bicyclic) bond motifs is 1. The van der Waals surface area contributed by atoms with Crippen LogP contribution in [0.3, 0.4) is 0 Å². The molecule has 1 heterocycles. The van der Waals surface area contributed by atoms with Crippen LogP contribution in [0, 0.1) is 5.92 Å². The van der Waals surface area contributed by atoms with E-state index in [1.54, 1.807) is 49.2 Å². The van der Waals surface area contributed by atoms with Crippen molar-refractivity contribution in [3.8, 4) is 5.75 Å². The Morgan fingerprint density at radius 1 is 1.07 bits per heavy atom. The van der Waals surface area contributed by atoms with E-state index in [9.17, 15) is 18.3 Å². The molecule has 0 bridgehead atoms. The second-order valence-electron chi connectivity index (χ2n) is 11.0. The summed E-state index contributed by atoms with van der Waals surface area (Å²) in [6.45, 7) is 6.40. The summed E-state index contributed by atoms with van der Waals surface area (Å²) in [5.41, 5.74) is 1.30. The van der Waals surface area contributed by atoms with E-state index in [1.165, 1.54) is 4.31 Å². The van der Waals surface area contributed by atoms with Crippen molar-refractivity contribution in [1.29, 1.82) is 0 Å². The average Bonchev–Trinajstić information content (AvgIpc) is 2.94. The predicted molar refractivity (Wildman–Crippen MR) is 157 cm³/mol. The molecule has 1 aliphatic rings. The molecule has 1 N–H and O–H groups in total. The van der Waals surface area contributed by atoms with Crippen molar-refractivity contribution in [1.82, 2.24) is 9.21 Å². The van der Waals surface area contributed by atoms with Gasteiger partial charge in [0.15, 0.2) is 0 Å². The number of carbonyl (C=O) groups is 1. The zero-order valence-corrected chi connectivity index (χ0v) is 25.4. The van der Waals surface area contributed by atoms with Gasteiger partial charge in [0, 0.05) is 52.4 Å². The van der Waals surface area contributed by atoms with Crippen LogP contribution in [-0.2, 0) is 14.8 Å². The van der Waals surface area contributed by atoms with Gasteiger partial charge in [-0.3, -0.25) is 4.79 Å². The number of hydrogen-bond donors (Lipinski definition) is 1. The molecule has 0 radical (unpaired) electrons. The zero-order valence-electron chi connectivity index (χ0n) is 24.6. The molecule has 0 aliphatic carbocycles. The van der Waals surface area contributed by atoms with Gasteiger partial charge in [-0.15, -0.1) is 0 Å². The molecule has 2 aromatic carbocycles. The molecule has 4 atom stereocenters. The van der Waals surface area contributed by atoms with E-state index in [2.05, 4.69) is 0 Å². The van der Waals surface area contributed by atoms with E-state index in [4.69, 9.17) is 9.47 Å². The summed E-state index contributed by atoms with van der Waals surface area (Å²) in [4.78, 5) is 17.9.